The SMILES string of the molecule is C=CCc1cccc(C)c1N1C(=O)C=C(C(F)(F)F)C1=O. The highest BCUT2D eigenvalue weighted by atomic mass is 19.4. The largest absolute Gasteiger partial charge is 0.421 e. The van der Waals surface area contributed by atoms with E-state index in [9.17, 15) is 22.8 Å². The number of hydrogen-bond acceptors (Lipinski definition) is 2. The molecule has 21 heavy (non-hydrogen) atoms. The van der Waals surface area contributed by atoms with Crippen molar-refractivity contribution in [1.82, 2.24) is 0 Å². The van der Waals surface area contributed by atoms with Crippen LogP contribution < -0.4 is 4.90 Å². The maximum Gasteiger partial charge on any atom is 0.421 e. The average molecular weight is 295 g/mol. The molecule has 3 nitrogen and oxygen atoms in total. The second-order valence-corrected chi connectivity index (χ2v) is 4.61. The van der Waals surface area contributed by atoms with Crippen LogP contribution in [0.1, 0.15) is 11.1 Å². The second-order valence-electron chi connectivity index (χ2n) is 4.61. The summed E-state index contributed by atoms with van der Waals surface area (Å²) >= 11 is 0. The van der Waals surface area contributed by atoms with Gasteiger partial charge in [0.25, 0.3) is 11.8 Å². The van der Waals surface area contributed by atoms with Crippen molar-refractivity contribution < 1.29 is 22.8 Å². The van der Waals surface area contributed by atoms with Crippen molar-refractivity contribution in [3.05, 3.63) is 53.6 Å². The van der Waals surface area contributed by atoms with Crippen molar-refractivity contribution >= 4 is 17.5 Å². The molecule has 0 aromatic heterocycles. The van der Waals surface area contributed by atoms with Crippen LogP contribution in [0.25, 0.3) is 0 Å². The lowest BCUT2D eigenvalue weighted by molar-refractivity contribution is -0.128. The number of hydrogen-bond donors (Lipinski definition) is 0. The van der Waals surface area contributed by atoms with Gasteiger partial charge in [-0.2, -0.15) is 13.2 Å². The highest BCUT2D eigenvalue weighted by molar-refractivity contribution is 6.31. The molecule has 0 fully saturated rings. The topological polar surface area (TPSA) is 37.4 Å². The Balaban J connectivity index is 2.53. The minimum Gasteiger partial charge on any atom is -0.269 e. The van der Waals surface area contributed by atoms with E-state index in [2.05, 4.69) is 6.58 Å². The quantitative estimate of drug-likeness (QED) is 0.635. The third kappa shape index (κ3) is 2.61. The number of halogens is 3. The maximum atomic E-state index is 12.7. The smallest absolute Gasteiger partial charge is 0.269 e. The molecule has 0 spiro atoms. The van der Waals surface area contributed by atoms with Crippen molar-refractivity contribution in [2.24, 2.45) is 0 Å². The molecular formula is C15H12F3NO2. The summed E-state index contributed by atoms with van der Waals surface area (Å²) in [6, 6.07) is 4.99. The lowest BCUT2D eigenvalue weighted by atomic mass is 10.0. The number of aryl methyl sites for hydroxylation is 1. The lowest BCUT2D eigenvalue weighted by Gasteiger charge is -2.21. The minimum absolute atomic E-state index is 0.197. The molecule has 1 heterocycles. The molecule has 0 atom stereocenters. The van der Waals surface area contributed by atoms with Gasteiger partial charge in [-0.25, -0.2) is 4.90 Å². The molecule has 1 aliphatic heterocycles. The first-order chi connectivity index (χ1) is 9.77. The van der Waals surface area contributed by atoms with Gasteiger partial charge < -0.3 is 0 Å². The number of carbonyl (C=O) groups excluding carboxylic acids is 2. The molecule has 1 aliphatic rings. The third-order valence-electron chi connectivity index (χ3n) is 3.14. The number of para-hydroxylation sites is 1. The van der Waals surface area contributed by atoms with Gasteiger partial charge in [-0.3, -0.25) is 9.59 Å². The van der Waals surface area contributed by atoms with Crippen molar-refractivity contribution in [3.8, 4) is 0 Å². The standard InChI is InChI=1S/C15H12F3NO2/c1-3-5-10-7-4-6-9(2)13(10)19-12(20)8-11(14(19)21)15(16,17)18/h3-4,6-8H,1,5H2,2H3. The van der Waals surface area contributed by atoms with Crippen LogP contribution in [-0.2, 0) is 16.0 Å². The van der Waals surface area contributed by atoms with E-state index in [0.29, 0.717) is 28.5 Å². The molecule has 110 valence electrons. The fourth-order valence-electron chi connectivity index (χ4n) is 2.25. The van der Waals surface area contributed by atoms with Crippen molar-refractivity contribution in [2.45, 2.75) is 19.5 Å². The first-order valence-electron chi connectivity index (χ1n) is 6.14. The number of rotatable bonds is 3. The number of benzene rings is 1. The fraction of sp³-hybridized carbons (Fsp3) is 0.200. The van der Waals surface area contributed by atoms with Crippen LogP contribution in [0.2, 0.25) is 0 Å². The minimum atomic E-state index is -4.84. The van der Waals surface area contributed by atoms with Crippen molar-refractivity contribution in [2.75, 3.05) is 4.90 Å². The van der Waals surface area contributed by atoms with Crippen molar-refractivity contribution in [1.29, 1.82) is 0 Å². The Morgan fingerprint density at radius 3 is 2.48 bits per heavy atom. The zero-order valence-corrected chi connectivity index (χ0v) is 11.2. The molecule has 0 radical (unpaired) electrons. The molecule has 0 aliphatic carbocycles. The van der Waals surface area contributed by atoms with E-state index in [1.807, 2.05) is 0 Å². The molecule has 1 aromatic rings. The first kappa shape index (κ1) is 15.0. The summed E-state index contributed by atoms with van der Waals surface area (Å²) in [4.78, 5) is 24.4. The summed E-state index contributed by atoms with van der Waals surface area (Å²) < 4.78 is 38.2. The second kappa shape index (κ2) is 5.20. The molecule has 0 N–H and O–H groups in total. The Morgan fingerprint density at radius 2 is 1.95 bits per heavy atom. The molecule has 1 aromatic carbocycles. The summed E-state index contributed by atoms with van der Waals surface area (Å²) in [5.41, 5.74) is -0.125. The van der Waals surface area contributed by atoms with E-state index in [-0.39, 0.29) is 5.69 Å². The van der Waals surface area contributed by atoms with Gasteiger partial charge in [-0.15, -0.1) is 6.58 Å². The molecule has 0 bridgehead atoms. The number of carbonyl (C=O) groups is 2. The Kier molecular flexibility index (Phi) is 3.72. The highest BCUT2D eigenvalue weighted by Crippen LogP contribution is 2.36. The molecule has 2 rings (SSSR count). The third-order valence-corrected chi connectivity index (χ3v) is 3.14. The van der Waals surface area contributed by atoms with E-state index < -0.39 is 23.6 Å². The van der Waals surface area contributed by atoms with Gasteiger partial charge in [0.15, 0.2) is 0 Å². The number of amides is 2. The predicted molar refractivity (Wildman–Crippen MR) is 71.7 cm³/mol. The van der Waals surface area contributed by atoms with E-state index in [1.54, 1.807) is 31.2 Å². The zero-order valence-electron chi connectivity index (χ0n) is 11.2. The van der Waals surface area contributed by atoms with Gasteiger partial charge in [-0.05, 0) is 24.5 Å². The van der Waals surface area contributed by atoms with Crippen LogP contribution in [0.4, 0.5) is 18.9 Å². The van der Waals surface area contributed by atoms with Crippen LogP contribution in [0.5, 0.6) is 0 Å². The van der Waals surface area contributed by atoms with Crippen LogP contribution in [0.3, 0.4) is 0 Å². The van der Waals surface area contributed by atoms with E-state index >= 15 is 0 Å². The normalized spacial score (nSPS) is 15.4. The lowest BCUT2D eigenvalue weighted by Crippen LogP contribution is -2.34. The Labute approximate surface area is 119 Å². The van der Waals surface area contributed by atoms with E-state index in [4.69, 9.17) is 0 Å². The van der Waals surface area contributed by atoms with Gasteiger partial charge in [0.2, 0.25) is 0 Å². The highest BCUT2D eigenvalue weighted by Gasteiger charge is 2.47. The predicted octanol–water partition coefficient (Wildman–Crippen LogP) is 3.09. The summed E-state index contributed by atoms with van der Waals surface area (Å²) in [6.07, 6.45) is -2.61. The molecule has 0 saturated heterocycles. The zero-order chi connectivity index (χ0) is 15.8. The number of nitrogens with zero attached hydrogens (tertiary/aromatic N) is 1. The van der Waals surface area contributed by atoms with Crippen LogP contribution in [0.15, 0.2) is 42.5 Å². The van der Waals surface area contributed by atoms with E-state index in [0.717, 1.165) is 0 Å². The molecule has 2 amide bonds. The molecule has 0 saturated carbocycles. The van der Waals surface area contributed by atoms with Crippen LogP contribution in [0, 0.1) is 6.92 Å². The van der Waals surface area contributed by atoms with Crippen molar-refractivity contribution in [3.63, 3.8) is 0 Å². The van der Waals surface area contributed by atoms with Gasteiger partial charge in [0, 0.05) is 6.08 Å². The van der Waals surface area contributed by atoms with Crippen LogP contribution >= 0.6 is 0 Å². The summed E-state index contributed by atoms with van der Waals surface area (Å²) in [7, 11) is 0. The molecule has 0 unspecified atom stereocenters. The first-order valence-corrected chi connectivity index (χ1v) is 6.14. The monoisotopic (exact) mass is 295 g/mol. The summed E-state index contributed by atoms with van der Waals surface area (Å²) in [6.45, 7) is 5.20. The number of alkyl halides is 3. The van der Waals surface area contributed by atoms with Gasteiger partial charge >= 0.3 is 6.18 Å². The Hall–Kier alpha value is -2.37. The summed E-state index contributed by atoms with van der Waals surface area (Å²) in [5, 5.41) is 0. The van der Waals surface area contributed by atoms with Gasteiger partial charge in [0.05, 0.1) is 5.69 Å². The van der Waals surface area contributed by atoms with Gasteiger partial charge in [-0.1, -0.05) is 24.3 Å². The van der Waals surface area contributed by atoms with Crippen LogP contribution in [-0.4, -0.2) is 18.0 Å². The van der Waals surface area contributed by atoms with E-state index in [1.165, 1.54) is 0 Å². The number of allylic oxidation sites excluding steroid dienone is 1. The van der Waals surface area contributed by atoms with Gasteiger partial charge in [0.1, 0.15) is 5.57 Å². The molecular weight excluding hydrogens is 283 g/mol. The average Bonchev–Trinajstić information content (AvgIpc) is 2.66. The Bertz CT molecular complexity index is 659. The fourth-order valence-corrected chi connectivity index (χ4v) is 2.25. The summed E-state index contributed by atoms with van der Waals surface area (Å²) in [5.74, 6) is -2.32. The Morgan fingerprint density at radius 1 is 1.29 bits per heavy atom. The number of imide groups is 1. The molecule has 6 heteroatoms. The number of anilines is 1. The maximum absolute atomic E-state index is 12.7.